The van der Waals surface area contributed by atoms with E-state index in [2.05, 4.69) is 28.8 Å². The zero-order valence-electron chi connectivity index (χ0n) is 16.0. The van der Waals surface area contributed by atoms with Gasteiger partial charge >= 0.3 is 0 Å². The number of aromatic nitrogens is 4. The Hall–Kier alpha value is -1.28. The third-order valence-corrected chi connectivity index (χ3v) is 7.36. The first kappa shape index (κ1) is 19.1. The maximum atomic E-state index is 11.5. The molecule has 1 saturated heterocycles. The Balaban J connectivity index is 1.87. The zero-order chi connectivity index (χ0) is 19.6. The fourth-order valence-electron chi connectivity index (χ4n) is 4.48. The lowest BCUT2D eigenvalue weighted by Crippen LogP contribution is -2.38. The molecule has 5 atom stereocenters. The highest BCUT2D eigenvalue weighted by molar-refractivity contribution is 7.98. The van der Waals surface area contributed by atoms with Crippen molar-refractivity contribution in [3.63, 3.8) is 0 Å². The molecule has 2 fully saturated rings. The molecule has 2 aromatic rings. The lowest BCUT2D eigenvalue weighted by Gasteiger charge is -2.35. The van der Waals surface area contributed by atoms with Gasteiger partial charge in [-0.1, -0.05) is 25.6 Å². The van der Waals surface area contributed by atoms with E-state index in [0.717, 1.165) is 0 Å². The number of fused-ring (bicyclic) bond motifs is 2. The van der Waals surface area contributed by atoms with Crippen LogP contribution in [0.15, 0.2) is 11.5 Å². The third kappa shape index (κ3) is 2.78. The lowest BCUT2D eigenvalue weighted by molar-refractivity contribution is -0.172. The molecule has 8 nitrogen and oxygen atoms in total. The van der Waals surface area contributed by atoms with Crippen molar-refractivity contribution in [3.8, 4) is 0 Å². The van der Waals surface area contributed by atoms with Gasteiger partial charge in [0.25, 0.3) is 0 Å². The van der Waals surface area contributed by atoms with E-state index in [9.17, 15) is 4.57 Å². The maximum absolute atomic E-state index is 11.5. The lowest BCUT2D eigenvalue weighted by atomic mass is 9.80. The van der Waals surface area contributed by atoms with E-state index in [1.54, 1.807) is 6.33 Å². The molecular formula is C17H24N5O3PS. The molecule has 0 amide bonds. The summed E-state index contributed by atoms with van der Waals surface area (Å²) in [6.45, 7) is 8.11. The highest BCUT2D eigenvalue weighted by Gasteiger charge is 2.63. The van der Waals surface area contributed by atoms with Gasteiger partial charge in [-0.05, 0) is 26.0 Å². The molecule has 27 heavy (non-hydrogen) atoms. The van der Waals surface area contributed by atoms with Gasteiger partial charge < -0.3 is 19.8 Å². The standard InChI is InChI=1S/C17H24N5O3PS/c1-8-10(11-12(17(8,4)6-26-23)25-16(2,3)24-11)22-7-19-9-13(18)20-15(27-5)21-14(9)22/h7-8,10-12H,6H2,1-5H3,(H2,18,20,21)/t8-,10-,11-,12?,17+/m1/s1. The van der Waals surface area contributed by atoms with E-state index in [4.69, 9.17) is 15.2 Å². The predicted octanol–water partition coefficient (Wildman–Crippen LogP) is 3.14. The van der Waals surface area contributed by atoms with Gasteiger partial charge in [0, 0.05) is 11.6 Å². The smallest absolute Gasteiger partial charge is 0.191 e. The van der Waals surface area contributed by atoms with Crippen LogP contribution in [-0.2, 0) is 14.0 Å². The average molecular weight is 409 g/mol. The molecule has 2 aromatic heterocycles. The van der Waals surface area contributed by atoms with Gasteiger partial charge in [-0.25, -0.2) is 15.0 Å². The Kier molecular flexibility index (Phi) is 4.50. The van der Waals surface area contributed by atoms with Crippen molar-refractivity contribution in [2.45, 2.75) is 56.9 Å². The van der Waals surface area contributed by atoms with Gasteiger partial charge in [0.1, 0.15) is 11.6 Å². The number of nitrogen functional groups attached to an aromatic ring is 1. The number of ether oxygens (including phenoxy) is 2. The van der Waals surface area contributed by atoms with E-state index in [-0.39, 0.29) is 38.0 Å². The second-order valence-electron chi connectivity index (χ2n) is 8.01. The number of nitrogens with zero attached hydrogens (tertiary/aromatic N) is 4. The van der Waals surface area contributed by atoms with Crippen molar-refractivity contribution < 1.29 is 14.0 Å². The van der Waals surface area contributed by atoms with Crippen LogP contribution in [0, 0.1) is 11.3 Å². The molecule has 0 aromatic carbocycles. The molecule has 1 aliphatic carbocycles. The fraction of sp³-hybridized carbons (Fsp3) is 0.706. The van der Waals surface area contributed by atoms with Crippen molar-refractivity contribution in [1.29, 1.82) is 0 Å². The third-order valence-electron chi connectivity index (χ3n) is 6.01. The normalized spacial score (nSPS) is 35.1. The van der Waals surface area contributed by atoms with Crippen molar-refractivity contribution in [3.05, 3.63) is 6.33 Å². The summed E-state index contributed by atoms with van der Waals surface area (Å²) >= 11 is 1.44. The SMILES string of the molecule is CSc1nc(N)c2ncn([C@@H]3[C@@H](C)[C@](C)(CP=O)C4OC(C)(C)O[C@@H]43)c2n1. The summed E-state index contributed by atoms with van der Waals surface area (Å²) in [6, 6.07) is -0.0578. The molecule has 2 N–H and O–H groups in total. The first-order chi connectivity index (χ1) is 12.7. The number of hydrogen-bond acceptors (Lipinski definition) is 8. The number of imidazole rings is 1. The van der Waals surface area contributed by atoms with E-state index < -0.39 is 5.79 Å². The van der Waals surface area contributed by atoms with Gasteiger partial charge in [0.15, 0.2) is 30.9 Å². The molecule has 2 aliphatic rings. The summed E-state index contributed by atoms with van der Waals surface area (Å²) in [4.78, 5) is 13.4. The minimum Gasteiger partial charge on any atom is -0.382 e. The van der Waals surface area contributed by atoms with Crippen LogP contribution in [0.2, 0.25) is 0 Å². The van der Waals surface area contributed by atoms with Crippen LogP contribution in [0.3, 0.4) is 0 Å². The molecule has 1 aliphatic heterocycles. The summed E-state index contributed by atoms with van der Waals surface area (Å²) in [5.41, 5.74) is 7.07. The molecule has 0 spiro atoms. The minimum atomic E-state index is -0.691. The number of nitrogens with two attached hydrogens (primary N) is 1. The Bertz CT molecular complexity index is 906. The number of rotatable bonds is 4. The molecule has 146 valence electrons. The van der Waals surface area contributed by atoms with Crippen LogP contribution in [0.5, 0.6) is 0 Å². The van der Waals surface area contributed by atoms with Crippen LogP contribution >= 0.6 is 20.2 Å². The van der Waals surface area contributed by atoms with E-state index in [1.807, 2.05) is 24.7 Å². The van der Waals surface area contributed by atoms with Crippen LogP contribution in [-0.4, -0.2) is 49.9 Å². The zero-order valence-corrected chi connectivity index (χ0v) is 17.8. The van der Waals surface area contributed by atoms with E-state index in [1.165, 1.54) is 11.8 Å². The Morgan fingerprint density at radius 3 is 2.74 bits per heavy atom. The van der Waals surface area contributed by atoms with Gasteiger partial charge in [-0.15, -0.1) is 0 Å². The second-order valence-corrected chi connectivity index (χ2v) is 9.36. The summed E-state index contributed by atoms with van der Waals surface area (Å²) < 4.78 is 26.1. The first-order valence-corrected chi connectivity index (χ1v) is 11.1. The minimum absolute atomic E-state index is 0.0578. The molecule has 1 unspecified atom stereocenters. The average Bonchev–Trinajstić information content (AvgIpc) is 3.21. The van der Waals surface area contributed by atoms with E-state index in [0.29, 0.717) is 28.3 Å². The molecule has 3 heterocycles. The highest BCUT2D eigenvalue weighted by atomic mass is 32.2. The monoisotopic (exact) mass is 409 g/mol. The highest BCUT2D eigenvalue weighted by Crippen LogP contribution is 2.57. The Labute approximate surface area is 163 Å². The number of thioether (sulfide) groups is 1. The molecular weight excluding hydrogens is 385 g/mol. The quantitative estimate of drug-likeness (QED) is 0.466. The topological polar surface area (TPSA) is 105 Å². The van der Waals surface area contributed by atoms with Gasteiger partial charge in [0.2, 0.25) is 0 Å². The Morgan fingerprint density at radius 1 is 1.33 bits per heavy atom. The van der Waals surface area contributed by atoms with E-state index >= 15 is 0 Å². The van der Waals surface area contributed by atoms with Crippen molar-refractivity contribution in [2.75, 3.05) is 18.2 Å². The summed E-state index contributed by atoms with van der Waals surface area (Å²) in [5, 5.41) is 0.605. The van der Waals surface area contributed by atoms with Gasteiger partial charge in [0.05, 0.1) is 18.5 Å². The van der Waals surface area contributed by atoms with Crippen LogP contribution in [0.25, 0.3) is 11.2 Å². The molecule has 1 saturated carbocycles. The van der Waals surface area contributed by atoms with Crippen LogP contribution < -0.4 is 5.73 Å². The first-order valence-electron chi connectivity index (χ1n) is 8.90. The van der Waals surface area contributed by atoms with Gasteiger partial charge in [-0.3, -0.25) is 4.57 Å². The summed E-state index contributed by atoms with van der Waals surface area (Å²) in [7, 11) is 0.106. The molecule has 4 rings (SSSR count). The number of hydrogen-bond donors (Lipinski definition) is 1. The van der Waals surface area contributed by atoms with Crippen LogP contribution in [0.1, 0.15) is 33.7 Å². The molecule has 0 radical (unpaired) electrons. The Morgan fingerprint density at radius 2 is 2.07 bits per heavy atom. The second kappa shape index (κ2) is 6.37. The van der Waals surface area contributed by atoms with Crippen molar-refractivity contribution in [2.24, 2.45) is 11.3 Å². The van der Waals surface area contributed by atoms with Crippen molar-refractivity contribution >= 4 is 37.2 Å². The van der Waals surface area contributed by atoms with Crippen molar-refractivity contribution in [1.82, 2.24) is 19.5 Å². The fourth-order valence-corrected chi connectivity index (χ4v) is 5.60. The number of anilines is 1. The summed E-state index contributed by atoms with van der Waals surface area (Å²) in [5.74, 6) is -0.185. The summed E-state index contributed by atoms with van der Waals surface area (Å²) in [6.07, 6.45) is 3.83. The molecule has 0 bridgehead atoms. The largest absolute Gasteiger partial charge is 0.382 e. The molecule has 10 heteroatoms. The predicted molar refractivity (Wildman–Crippen MR) is 104 cm³/mol. The van der Waals surface area contributed by atoms with Crippen LogP contribution in [0.4, 0.5) is 5.82 Å². The maximum Gasteiger partial charge on any atom is 0.191 e. The van der Waals surface area contributed by atoms with Gasteiger partial charge in [-0.2, -0.15) is 0 Å².